The van der Waals surface area contributed by atoms with Gasteiger partial charge in [-0.05, 0) is 70.0 Å². The van der Waals surface area contributed by atoms with Gasteiger partial charge in [-0.3, -0.25) is 4.79 Å². The predicted octanol–water partition coefficient (Wildman–Crippen LogP) is 8.79. The van der Waals surface area contributed by atoms with Crippen molar-refractivity contribution in [2.24, 2.45) is 5.10 Å². The number of rotatable bonds is 6. The fraction of sp³-hybridized carbons (Fsp3) is 0. The van der Waals surface area contributed by atoms with E-state index in [-0.39, 0.29) is 22.0 Å². The number of esters is 1. The summed E-state index contributed by atoms with van der Waals surface area (Å²) in [6.45, 7) is 0. The third kappa shape index (κ3) is 5.97. The van der Waals surface area contributed by atoms with Crippen LogP contribution >= 0.6 is 55.1 Å². The molecule has 0 atom stereocenters. The maximum Gasteiger partial charge on any atom is 0.345 e. The summed E-state index contributed by atoms with van der Waals surface area (Å²) in [6.07, 6.45) is 1.34. The summed E-state index contributed by atoms with van der Waals surface area (Å²) in [7, 11) is 0. The largest absolute Gasteiger partial charge is 0.421 e. The van der Waals surface area contributed by atoms with Gasteiger partial charge in [-0.15, -0.1) is 0 Å². The first-order valence-electron chi connectivity index (χ1n) is 11.6. The Kier molecular flexibility index (Phi) is 8.37. The molecule has 0 saturated carbocycles. The second kappa shape index (κ2) is 11.9. The van der Waals surface area contributed by atoms with Crippen molar-refractivity contribution in [3.05, 3.63) is 120 Å². The molecule has 0 saturated heterocycles. The number of hydrazone groups is 1. The van der Waals surface area contributed by atoms with Crippen molar-refractivity contribution in [2.75, 3.05) is 0 Å². The van der Waals surface area contributed by atoms with Crippen LogP contribution in [0.1, 0.15) is 26.4 Å². The van der Waals surface area contributed by atoms with E-state index in [9.17, 15) is 14.0 Å². The summed E-state index contributed by atoms with van der Waals surface area (Å²) in [6, 6.07) is 21.2. The number of amides is 1. The van der Waals surface area contributed by atoms with Gasteiger partial charge >= 0.3 is 5.97 Å². The zero-order valence-electron chi connectivity index (χ0n) is 20.1. The lowest BCUT2D eigenvalue weighted by Crippen LogP contribution is -2.19. The van der Waals surface area contributed by atoms with E-state index in [1.807, 2.05) is 30.3 Å². The Bertz CT molecular complexity index is 1810. The van der Waals surface area contributed by atoms with E-state index < -0.39 is 17.7 Å². The van der Waals surface area contributed by atoms with Crippen molar-refractivity contribution in [2.45, 2.75) is 0 Å². The summed E-state index contributed by atoms with van der Waals surface area (Å²) in [5.74, 6) is -1.52. The maximum absolute atomic E-state index is 14.1. The molecule has 1 amide bonds. The average molecular weight is 704 g/mol. The molecule has 11 heteroatoms. The van der Waals surface area contributed by atoms with Gasteiger partial charge in [-0.25, -0.2) is 14.6 Å². The van der Waals surface area contributed by atoms with Crippen molar-refractivity contribution in [1.29, 1.82) is 0 Å². The molecule has 0 bridgehead atoms. The normalized spacial score (nSPS) is 11.2. The molecule has 0 aliphatic carbocycles. The number of hydrogen-bond acceptors (Lipinski definition) is 4. The molecule has 200 valence electrons. The quantitative estimate of drug-likeness (QED) is 0.0803. The topological polar surface area (TPSA) is 83.5 Å². The van der Waals surface area contributed by atoms with Crippen molar-refractivity contribution in [3.63, 3.8) is 0 Å². The highest BCUT2D eigenvalue weighted by Gasteiger charge is 2.21. The van der Waals surface area contributed by atoms with Crippen LogP contribution in [0.2, 0.25) is 10.0 Å². The zero-order chi connectivity index (χ0) is 28.4. The molecule has 0 spiro atoms. The van der Waals surface area contributed by atoms with Gasteiger partial charge in [0.15, 0.2) is 5.75 Å². The maximum atomic E-state index is 14.1. The molecule has 40 heavy (non-hydrogen) atoms. The van der Waals surface area contributed by atoms with Gasteiger partial charge in [0.05, 0.1) is 21.3 Å². The van der Waals surface area contributed by atoms with Crippen LogP contribution in [-0.4, -0.2) is 23.1 Å². The molecule has 4 aromatic carbocycles. The van der Waals surface area contributed by atoms with E-state index in [0.29, 0.717) is 36.0 Å². The van der Waals surface area contributed by atoms with Crippen LogP contribution in [0.25, 0.3) is 22.0 Å². The lowest BCUT2D eigenvalue weighted by Gasteiger charge is -2.11. The smallest absolute Gasteiger partial charge is 0.345 e. The number of aromatic amines is 1. The first-order chi connectivity index (χ1) is 19.2. The number of nitrogens with zero attached hydrogens (tertiary/aromatic N) is 1. The average Bonchev–Trinajstić information content (AvgIpc) is 3.29. The van der Waals surface area contributed by atoms with Crippen molar-refractivity contribution in [3.8, 4) is 16.9 Å². The number of fused-ring (bicyclic) bond motifs is 1. The molecule has 1 aromatic heterocycles. The third-order valence-electron chi connectivity index (χ3n) is 5.80. The minimum absolute atomic E-state index is 0.126. The number of benzene rings is 4. The van der Waals surface area contributed by atoms with Crippen LogP contribution in [0, 0.1) is 5.82 Å². The summed E-state index contributed by atoms with van der Waals surface area (Å²) < 4.78 is 20.8. The van der Waals surface area contributed by atoms with E-state index >= 15 is 0 Å². The minimum Gasteiger partial charge on any atom is -0.421 e. The number of H-pyrrole nitrogens is 1. The van der Waals surface area contributed by atoms with Crippen LogP contribution < -0.4 is 10.2 Å². The van der Waals surface area contributed by atoms with Gasteiger partial charge in [0.2, 0.25) is 0 Å². The number of ether oxygens (including phenoxy) is 1. The lowest BCUT2D eigenvalue weighted by molar-refractivity contribution is 0.0733. The highest BCUT2D eigenvalue weighted by molar-refractivity contribution is 9.11. The summed E-state index contributed by atoms with van der Waals surface area (Å²) in [5, 5.41) is 5.18. The standard InChI is InChI=1S/C29H16Br2Cl2FN3O3/c30-17-10-16(27(22(31)11-17)40-29(39)20-8-6-18(32)12-23(20)33)14-35-37-28(38)26-25(15-4-2-1-3-5-15)21-13-19(34)7-9-24(21)36-26/h1-14,36H,(H,37,38). The Balaban J connectivity index is 1.44. The highest BCUT2D eigenvalue weighted by Crippen LogP contribution is 2.35. The van der Waals surface area contributed by atoms with Gasteiger partial charge in [0.25, 0.3) is 5.91 Å². The number of aromatic nitrogens is 1. The van der Waals surface area contributed by atoms with E-state index in [4.69, 9.17) is 27.9 Å². The van der Waals surface area contributed by atoms with Crippen molar-refractivity contribution in [1.82, 2.24) is 10.4 Å². The van der Waals surface area contributed by atoms with Gasteiger partial charge in [-0.2, -0.15) is 5.10 Å². The molecule has 0 aliphatic rings. The molecule has 5 rings (SSSR count). The van der Waals surface area contributed by atoms with E-state index in [1.165, 1.54) is 36.5 Å². The summed E-state index contributed by atoms with van der Waals surface area (Å²) >= 11 is 18.9. The van der Waals surface area contributed by atoms with Gasteiger partial charge in [-0.1, -0.05) is 69.5 Å². The fourth-order valence-corrected chi connectivity index (χ4v) is 5.87. The predicted molar refractivity (Wildman–Crippen MR) is 162 cm³/mol. The second-order valence-corrected chi connectivity index (χ2v) is 11.1. The highest BCUT2D eigenvalue weighted by atomic mass is 79.9. The SMILES string of the molecule is O=C(Oc1c(Br)cc(Br)cc1C=NNC(=O)c1[nH]c2ccc(F)cc2c1-c1ccccc1)c1ccc(Cl)cc1Cl. The molecular weight excluding hydrogens is 688 g/mol. The molecule has 0 aliphatic heterocycles. The molecular formula is C29H16Br2Cl2FN3O3. The van der Waals surface area contributed by atoms with Crippen LogP contribution in [0.5, 0.6) is 5.75 Å². The van der Waals surface area contributed by atoms with Crippen LogP contribution in [-0.2, 0) is 0 Å². The zero-order valence-corrected chi connectivity index (χ0v) is 24.8. The van der Waals surface area contributed by atoms with Gasteiger partial charge in [0, 0.05) is 31.5 Å². The first-order valence-corrected chi connectivity index (χ1v) is 13.9. The molecule has 6 nitrogen and oxygen atoms in total. The monoisotopic (exact) mass is 701 g/mol. The van der Waals surface area contributed by atoms with Crippen molar-refractivity contribution >= 4 is 84.1 Å². The van der Waals surface area contributed by atoms with Crippen LogP contribution in [0.15, 0.2) is 92.9 Å². The fourth-order valence-electron chi connectivity index (χ4n) is 4.04. The summed E-state index contributed by atoms with van der Waals surface area (Å²) in [5.41, 5.74) is 5.09. The number of halogens is 5. The minimum atomic E-state index is -0.707. The number of carbonyl (C=O) groups is 2. The Hall–Kier alpha value is -3.50. The molecule has 0 fully saturated rings. The van der Waals surface area contributed by atoms with E-state index in [1.54, 1.807) is 18.2 Å². The Morgan fingerprint density at radius 3 is 2.50 bits per heavy atom. The molecule has 0 unspecified atom stereocenters. The van der Waals surface area contributed by atoms with E-state index in [0.717, 1.165) is 5.56 Å². The molecule has 1 heterocycles. The molecule has 0 radical (unpaired) electrons. The number of carbonyl (C=O) groups excluding carboxylic acids is 2. The van der Waals surface area contributed by atoms with Gasteiger partial charge in [0.1, 0.15) is 11.5 Å². The molecule has 2 N–H and O–H groups in total. The number of hydrogen-bond donors (Lipinski definition) is 2. The molecule has 5 aromatic rings. The lowest BCUT2D eigenvalue weighted by atomic mass is 10.0. The van der Waals surface area contributed by atoms with Crippen LogP contribution in [0.4, 0.5) is 4.39 Å². The number of nitrogens with one attached hydrogen (secondary N) is 2. The first kappa shape index (κ1) is 28.0. The van der Waals surface area contributed by atoms with E-state index in [2.05, 4.69) is 47.4 Å². The Labute approximate surface area is 254 Å². The third-order valence-corrected chi connectivity index (χ3v) is 7.40. The second-order valence-electron chi connectivity index (χ2n) is 8.45. The van der Waals surface area contributed by atoms with Crippen molar-refractivity contribution < 1.29 is 18.7 Å². The van der Waals surface area contributed by atoms with Gasteiger partial charge < -0.3 is 9.72 Å². The Morgan fingerprint density at radius 1 is 0.975 bits per heavy atom. The summed E-state index contributed by atoms with van der Waals surface area (Å²) in [4.78, 5) is 29.2. The Morgan fingerprint density at radius 2 is 1.75 bits per heavy atom. The van der Waals surface area contributed by atoms with Crippen LogP contribution in [0.3, 0.4) is 0 Å².